The minimum absolute atomic E-state index is 0.00610. The molecule has 1 heterocycles. The number of benzene rings is 1. The van der Waals surface area contributed by atoms with E-state index in [0.717, 1.165) is 13.2 Å². The predicted octanol–water partition coefficient (Wildman–Crippen LogP) is 2.16. The Balaban J connectivity index is 2.45. The molecule has 0 saturated carbocycles. The Kier molecular flexibility index (Phi) is 5.94. The van der Waals surface area contributed by atoms with Gasteiger partial charge in [0.1, 0.15) is 11.5 Å². The average molecular weight is 470 g/mol. The second-order valence-corrected chi connectivity index (χ2v) is 6.35. The molecule has 0 bridgehead atoms. The molecule has 1 aromatic rings. The number of nitrogens with one attached hydrogen (secondary N) is 1. The van der Waals surface area contributed by atoms with Crippen LogP contribution in [0.2, 0.25) is 0 Å². The van der Waals surface area contributed by atoms with E-state index in [1.165, 1.54) is 4.90 Å². The molecule has 10 heteroatoms. The summed E-state index contributed by atoms with van der Waals surface area (Å²) in [6.45, 7) is -0.360. The summed E-state index contributed by atoms with van der Waals surface area (Å²) in [5.74, 6) is -3.10. The molecule has 0 atom stereocenters. The number of carbonyl (C=O) groups is 2. The van der Waals surface area contributed by atoms with Gasteiger partial charge in [0, 0.05) is 6.54 Å². The second kappa shape index (κ2) is 7.58. The van der Waals surface area contributed by atoms with Crippen molar-refractivity contribution in [2.45, 2.75) is 0 Å². The molecule has 6 nitrogen and oxygen atoms in total. The molecular formula is C14H12Br2F2N2O4. The molecule has 0 radical (unpaired) electrons. The van der Waals surface area contributed by atoms with E-state index in [4.69, 9.17) is 5.11 Å². The molecule has 2 N–H and O–H groups in total. The van der Waals surface area contributed by atoms with Gasteiger partial charge in [-0.15, -0.1) is 0 Å². The van der Waals surface area contributed by atoms with Gasteiger partial charge in [-0.1, -0.05) is 0 Å². The lowest BCUT2D eigenvalue weighted by atomic mass is 10.2. The van der Waals surface area contributed by atoms with Gasteiger partial charge in [0.25, 0.3) is 5.91 Å². The van der Waals surface area contributed by atoms with E-state index in [2.05, 4.69) is 41.9 Å². The van der Waals surface area contributed by atoms with Crippen molar-refractivity contribution in [3.05, 3.63) is 37.9 Å². The number of methoxy groups -OCH3 is 1. The van der Waals surface area contributed by atoms with E-state index in [1.54, 1.807) is 0 Å². The van der Waals surface area contributed by atoms with Crippen LogP contribution in [0.25, 0.3) is 0 Å². The summed E-state index contributed by atoms with van der Waals surface area (Å²) in [4.78, 5) is 25.4. The van der Waals surface area contributed by atoms with Crippen molar-refractivity contribution in [1.82, 2.24) is 4.90 Å². The first-order chi connectivity index (χ1) is 11.3. The van der Waals surface area contributed by atoms with Gasteiger partial charge in [-0.3, -0.25) is 4.79 Å². The molecule has 0 spiro atoms. The Bertz CT molecular complexity index is 740. The van der Waals surface area contributed by atoms with Gasteiger partial charge < -0.3 is 20.1 Å². The molecule has 1 aromatic carbocycles. The maximum Gasteiger partial charge on any atom is 0.337 e. The Morgan fingerprint density at radius 3 is 2.67 bits per heavy atom. The number of amides is 1. The number of carbonyl (C=O) groups excluding carboxylic acids is 2. The highest BCUT2D eigenvalue weighted by Gasteiger charge is 2.35. The van der Waals surface area contributed by atoms with E-state index >= 15 is 0 Å². The molecule has 0 aromatic heterocycles. The fourth-order valence-corrected chi connectivity index (χ4v) is 3.14. The number of β-amino-alcohol motifs (C(OH)–C–C–N with tert-alkyl or cyclic N) is 1. The highest BCUT2D eigenvalue weighted by atomic mass is 79.9. The highest BCUT2D eigenvalue weighted by molar-refractivity contribution is 9.11. The molecule has 0 unspecified atom stereocenters. The van der Waals surface area contributed by atoms with Crippen LogP contribution >= 0.6 is 31.9 Å². The number of aliphatic hydroxyl groups excluding tert-OH is 1. The largest absolute Gasteiger partial charge is 0.466 e. The first kappa shape index (κ1) is 18.8. The molecule has 1 aliphatic rings. The summed E-state index contributed by atoms with van der Waals surface area (Å²) >= 11 is 5.74. The van der Waals surface area contributed by atoms with Gasteiger partial charge >= 0.3 is 5.97 Å². The van der Waals surface area contributed by atoms with E-state index < -0.39 is 23.5 Å². The van der Waals surface area contributed by atoms with Crippen LogP contribution in [0.3, 0.4) is 0 Å². The van der Waals surface area contributed by atoms with Crippen molar-refractivity contribution in [3.63, 3.8) is 0 Å². The number of ether oxygens (including phenoxy) is 1. The number of nitrogens with zero attached hydrogens (tertiary/aromatic N) is 1. The SMILES string of the molecule is COC(=O)C1=C(Nc2cc(F)c(Br)c(F)c2Br)C(=O)N(CCO)C1. The first-order valence-electron chi connectivity index (χ1n) is 6.63. The molecule has 0 fully saturated rings. The number of anilines is 1. The smallest absolute Gasteiger partial charge is 0.337 e. The van der Waals surface area contributed by atoms with Gasteiger partial charge in [0.2, 0.25) is 0 Å². The van der Waals surface area contributed by atoms with E-state index in [-0.39, 0.29) is 45.6 Å². The third kappa shape index (κ3) is 3.45. The number of rotatable bonds is 5. The third-order valence-corrected chi connectivity index (χ3v) is 4.82. The summed E-state index contributed by atoms with van der Waals surface area (Å²) in [6.07, 6.45) is 0. The van der Waals surface area contributed by atoms with Crippen LogP contribution in [0.5, 0.6) is 0 Å². The zero-order chi connectivity index (χ0) is 18.0. The monoisotopic (exact) mass is 468 g/mol. The summed E-state index contributed by atoms with van der Waals surface area (Å²) in [7, 11) is 1.15. The highest BCUT2D eigenvalue weighted by Crippen LogP contribution is 2.35. The van der Waals surface area contributed by atoms with Crippen LogP contribution in [-0.2, 0) is 14.3 Å². The third-order valence-electron chi connectivity index (χ3n) is 3.32. The van der Waals surface area contributed by atoms with Gasteiger partial charge in [0.15, 0.2) is 5.82 Å². The minimum Gasteiger partial charge on any atom is -0.466 e. The van der Waals surface area contributed by atoms with Gasteiger partial charge in [-0.25, -0.2) is 13.6 Å². The lowest BCUT2D eigenvalue weighted by Gasteiger charge is -2.15. The molecule has 0 aliphatic carbocycles. The van der Waals surface area contributed by atoms with Crippen molar-refractivity contribution in [1.29, 1.82) is 0 Å². The molecule has 1 amide bonds. The lowest BCUT2D eigenvalue weighted by molar-refractivity contribution is -0.136. The van der Waals surface area contributed by atoms with Crippen LogP contribution in [-0.4, -0.2) is 48.7 Å². The van der Waals surface area contributed by atoms with Crippen LogP contribution in [0.15, 0.2) is 26.3 Å². The quantitative estimate of drug-likeness (QED) is 0.392. The van der Waals surface area contributed by atoms with E-state index in [0.29, 0.717) is 0 Å². The number of halogens is 4. The van der Waals surface area contributed by atoms with E-state index in [9.17, 15) is 18.4 Å². The minimum atomic E-state index is -0.893. The maximum absolute atomic E-state index is 13.9. The summed E-state index contributed by atoms with van der Waals surface area (Å²) < 4.78 is 31.8. The number of esters is 1. The predicted molar refractivity (Wildman–Crippen MR) is 88.1 cm³/mol. The fourth-order valence-electron chi connectivity index (χ4n) is 2.15. The van der Waals surface area contributed by atoms with Crippen molar-refractivity contribution < 1.29 is 28.2 Å². The molecule has 2 rings (SSSR count). The standard InChI is InChI=1S/C14H12Br2F2N2O4/c1-24-14(23)6-5-20(2-3-21)13(22)12(6)19-8-4-7(17)9(15)11(18)10(8)16/h4,19,21H,2-3,5H2,1H3. The Morgan fingerprint density at radius 1 is 1.42 bits per heavy atom. The topological polar surface area (TPSA) is 78.9 Å². The van der Waals surface area contributed by atoms with Crippen molar-refractivity contribution >= 4 is 49.4 Å². The molecule has 1 aliphatic heterocycles. The normalized spacial score (nSPS) is 14.4. The number of aliphatic hydroxyl groups is 1. The summed E-state index contributed by atoms with van der Waals surface area (Å²) in [5.41, 5.74) is -0.215. The summed E-state index contributed by atoms with van der Waals surface area (Å²) in [5, 5.41) is 11.6. The van der Waals surface area contributed by atoms with Crippen molar-refractivity contribution in [2.75, 3.05) is 32.1 Å². The molecule has 130 valence electrons. The maximum atomic E-state index is 13.9. The van der Waals surface area contributed by atoms with Crippen LogP contribution in [0.1, 0.15) is 0 Å². The Hall–Kier alpha value is -1.52. The molecular weight excluding hydrogens is 458 g/mol. The Labute approximate surface area is 152 Å². The van der Waals surface area contributed by atoms with Crippen LogP contribution in [0, 0.1) is 11.6 Å². The second-order valence-electron chi connectivity index (χ2n) is 4.77. The fraction of sp³-hybridized carbons (Fsp3) is 0.286. The zero-order valence-corrected chi connectivity index (χ0v) is 15.5. The van der Waals surface area contributed by atoms with Gasteiger partial charge in [0.05, 0.1) is 40.5 Å². The lowest BCUT2D eigenvalue weighted by Crippen LogP contribution is -2.31. The number of hydrogen-bond donors (Lipinski definition) is 2. The summed E-state index contributed by atoms with van der Waals surface area (Å²) in [6, 6.07) is 0.973. The van der Waals surface area contributed by atoms with Crippen LogP contribution in [0.4, 0.5) is 14.5 Å². The van der Waals surface area contributed by atoms with Crippen LogP contribution < -0.4 is 5.32 Å². The van der Waals surface area contributed by atoms with Gasteiger partial charge in [-0.2, -0.15) is 0 Å². The molecule has 24 heavy (non-hydrogen) atoms. The molecule has 0 saturated heterocycles. The zero-order valence-electron chi connectivity index (χ0n) is 12.3. The number of hydrogen-bond acceptors (Lipinski definition) is 5. The van der Waals surface area contributed by atoms with E-state index in [1.807, 2.05) is 0 Å². The van der Waals surface area contributed by atoms with Crippen molar-refractivity contribution in [2.24, 2.45) is 0 Å². The first-order valence-corrected chi connectivity index (χ1v) is 8.22. The van der Waals surface area contributed by atoms with Gasteiger partial charge in [-0.05, 0) is 37.9 Å². The van der Waals surface area contributed by atoms with Crippen molar-refractivity contribution in [3.8, 4) is 0 Å². The Morgan fingerprint density at radius 2 is 2.08 bits per heavy atom. The average Bonchev–Trinajstić information content (AvgIpc) is 2.87.